The molecule has 0 saturated carbocycles. The lowest BCUT2D eigenvalue weighted by Gasteiger charge is -2.11. The van der Waals surface area contributed by atoms with Gasteiger partial charge in [-0.1, -0.05) is 6.07 Å². The number of aryl methyl sites for hydroxylation is 1. The Balaban J connectivity index is 1.19. The molecule has 0 atom stereocenters. The minimum atomic E-state index is -0.202. The van der Waals surface area contributed by atoms with E-state index < -0.39 is 0 Å². The topological polar surface area (TPSA) is 100 Å². The van der Waals surface area contributed by atoms with Crippen LogP contribution in [0.5, 0.6) is 0 Å². The Morgan fingerprint density at radius 2 is 1.38 bits per heavy atom. The number of aliphatic hydroxyl groups is 1. The molecule has 0 aliphatic rings. The molecule has 4 N–H and O–H groups in total. The molecule has 8 nitrogen and oxygen atoms in total. The molecule has 8 heteroatoms. The summed E-state index contributed by atoms with van der Waals surface area (Å²) in [4.78, 5) is 25.2. The zero-order valence-electron chi connectivity index (χ0n) is 20.3. The highest BCUT2D eigenvalue weighted by molar-refractivity contribution is 6.06. The van der Waals surface area contributed by atoms with E-state index >= 15 is 0 Å². The average Bonchev–Trinajstić information content (AvgIpc) is 3.52. The molecule has 2 heterocycles. The van der Waals surface area contributed by atoms with Gasteiger partial charge in [-0.05, 0) is 84.2 Å². The summed E-state index contributed by atoms with van der Waals surface area (Å²) in [5.74, 6) is -0.364. The molecule has 5 rings (SSSR count). The summed E-state index contributed by atoms with van der Waals surface area (Å²) in [6.45, 7) is 0.517. The first kappa shape index (κ1) is 23.9. The second-order valence-electron chi connectivity index (χ2n) is 8.70. The maximum absolute atomic E-state index is 12.8. The summed E-state index contributed by atoms with van der Waals surface area (Å²) in [5.41, 5.74) is 5.16. The predicted molar refractivity (Wildman–Crippen MR) is 147 cm³/mol. The monoisotopic (exact) mass is 493 g/mol. The molecular weight excluding hydrogens is 466 g/mol. The number of nitrogens with zero attached hydrogens (tertiary/aromatic N) is 2. The van der Waals surface area contributed by atoms with E-state index in [0.717, 1.165) is 22.3 Å². The molecule has 0 fully saturated rings. The SMILES string of the molecule is Cn1cccc1C(=O)Nc1ccc(Nc2ccc(NC(=O)c3ccc4ccn(CCO)c4c3)cc2)cc1. The lowest BCUT2D eigenvalue weighted by atomic mass is 10.1. The Hall–Kier alpha value is -4.82. The van der Waals surface area contributed by atoms with Crippen LogP contribution in [0.2, 0.25) is 0 Å². The van der Waals surface area contributed by atoms with Crippen molar-refractivity contribution in [3.05, 3.63) is 109 Å². The highest BCUT2D eigenvalue weighted by atomic mass is 16.3. The van der Waals surface area contributed by atoms with Crippen LogP contribution < -0.4 is 16.0 Å². The number of aliphatic hydroxyl groups excluding tert-OH is 1. The second kappa shape index (κ2) is 10.4. The molecule has 5 aromatic rings. The molecule has 2 aromatic heterocycles. The molecule has 0 spiro atoms. The van der Waals surface area contributed by atoms with Crippen LogP contribution in [0.25, 0.3) is 10.9 Å². The highest BCUT2D eigenvalue weighted by Crippen LogP contribution is 2.22. The van der Waals surface area contributed by atoms with Crippen molar-refractivity contribution in [1.82, 2.24) is 9.13 Å². The number of benzene rings is 3. The van der Waals surface area contributed by atoms with E-state index in [4.69, 9.17) is 0 Å². The van der Waals surface area contributed by atoms with Crippen molar-refractivity contribution in [2.45, 2.75) is 6.54 Å². The predicted octanol–water partition coefficient (Wildman–Crippen LogP) is 5.22. The van der Waals surface area contributed by atoms with Crippen molar-refractivity contribution in [2.24, 2.45) is 7.05 Å². The van der Waals surface area contributed by atoms with Gasteiger partial charge in [-0.2, -0.15) is 0 Å². The van der Waals surface area contributed by atoms with Crippen LogP contribution in [0, 0.1) is 0 Å². The maximum atomic E-state index is 12.8. The number of hydrogen-bond donors (Lipinski definition) is 4. The molecule has 0 saturated heterocycles. The summed E-state index contributed by atoms with van der Waals surface area (Å²) in [7, 11) is 1.83. The van der Waals surface area contributed by atoms with Gasteiger partial charge in [-0.3, -0.25) is 9.59 Å². The first-order valence-electron chi connectivity index (χ1n) is 11.9. The van der Waals surface area contributed by atoms with E-state index in [2.05, 4.69) is 16.0 Å². The van der Waals surface area contributed by atoms with Crippen molar-refractivity contribution in [3.8, 4) is 0 Å². The third kappa shape index (κ3) is 5.39. The summed E-state index contributed by atoms with van der Waals surface area (Å²) in [6, 6.07) is 26.0. The summed E-state index contributed by atoms with van der Waals surface area (Å²) in [5, 5.41) is 19.4. The lowest BCUT2D eigenvalue weighted by Crippen LogP contribution is -2.15. The zero-order valence-corrected chi connectivity index (χ0v) is 20.3. The summed E-state index contributed by atoms with van der Waals surface area (Å²) >= 11 is 0. The molecule has 3 aromatic carbocycles. The number of rotatable bonds is 8. The van der Waals surface area contributed by atoms with E-state index in [1.807, 2.05) is 96.8 Å². The summed E-state index contributed by atoms with van der Waals surface area (Å²) in [6.07, 6.45) is 3.74. The summed E-state index contributed by atoms with van der Waals surface area (Å²) < 4.78 is 3.70. The molecule has 0 aliphatic heterocycles. The van der Waals surface area contributed by atoms with Crippen molar-refractivity contribution in [1.29, 1.82) is 0 Å². The number of hydrogen-bond acceptors (Lipinski definition) is 4. The van der Waals surface area contributed by atoms with Gasteiger partial charge in [-0.15, -0.1) is 0 Å². The van der Waals surface area contributed by atoms with Crippen LogP contribution >= 0.6 is 0 Å². The van der Waals surface area contributed by atoms with Gasteiger partial charge in [0.25, 0.3) is 11.8 Å². The minimum absolute atomic E-state index is 0.0372. The Labute approximate surface area is 214 Å². The number of carbonyl (C=O) groups is 2. The van der Waals surface area contributed by atoms with Crippen LogP contribution in [-0.4, -0.2) is 32.7 Å². The smallest absolute Gasteiger partial charge is 0.272 e. The molecule has 0 unspecified atom stereocenters. The van der Waals surface area contributed by atoms with Crippen LogP contribution in [0.4, 0.5) is 22.7 Å². The first-order chi connectivity index (χ1) is 18.0. The van der Waals surface area contributed by atoms with Gasteiger partial charge in [0, 0.05) is 59.8 Å². The first-order valence-corrected chi connectivity index (χ1v) is 11.9. The number of fused-ring (bicyclic) bond motifs is 1. The third-order valence-corrected chi connectivity index (χ3v) is 6.13. The van der Waals surface area contributed by atoms with Gasteiger partial charge in [0.15, 0.2) is 0 Å². The van der Waals surface area contributed by atoms with E-state index in [1.54, 1.807) is 16.7 Å². The number of nitrogens with one attached hydrogen (secondary N) is 3. The van der Waals surface area contributed by atoms with Gasteiger partial charge in [0.2, 0.25) is 0 Å². The van der Waals surface area contributed by atoms with E-state index in [-0.39, 0.29) is 18.4 Å². The van der Waals surface area contributed by atoms with Crippen molar-refractivity contribution < 1.29 is 14.7 Å². The third-order valence-electron chi connectivity index (χ3n) is 6.13. The maximum Gasteiger partial charge on any atom is 0.272 e. The Morgan fingerprint density at radius 3 is 1.97 bits per heavy atom. The minimum Gasteiger partial charge on any atom is -0.395 e. The van der Waals surface area contributed by atoms with E-state index in [0.29, 0.717) is 29.2 Å². The number of amides is 2. The van der Waals surface area contributed by atoms with Gasteiger partial charge < -0.3 is 30.2 Å². The van der Waals surface area contributed by atoms with Crippen molar-refractivity contribution in [3.63, 3.8) is 0 Å². The van der Waals surface area contributed by atoms with Gasteiger partial charge >= 0.3 is 0 Å². The molecule has 186 valence electrons. The average molecular weight is 494 g/mol. The number of carbonyl (C=O) groups excluding carboxylic acids is 2. The normalized spacial score (nSPS) is 10.9. The van der Waals surface area contributed by atoms with Gasteiger partial charge in [0.05, 0.1) is 6.61 Å². The van der Waals surface area contributed by atoms with Gasteiger partial charge in [-0.25, -0.2) is 0 Å². The van der Waals surface area contributed by atoms with Crippen LogP contribution in [0.3, 0.4) is 0 Å². The van der Waals surface area contributed by atoms with Gasteiger partial charge in [0.1, 0.15) is 5.69 Å². The van der Waals surface area contributed by atoms with Crippen LogP contribution in [0.1, 0.15) is 20.8 Å². The fourth-order valence-electron chi connectivity index (χ4n) is 4.16. The van der Waals surface area contributed by atoms with E-state index in [1.165, 1.54) is 0 Å². The van der Waals surface area contributed by atoms with Crippen molar-refractivity contribution in [2.75, 3.05) is 22.6 Å². The lowest BCUT2D eigenvalue weighted by molar-refractivity contribution is 0.101. The molecule has 0 bridgehead atoms. The zero-order chi connectivity index (χ0) is 25.8. The molecule has 37 heavy (non-hydrogen) atoms. The Kier molecular flexibility index (Phi) is 6.74. The standard InChI is InChI=1S/C29H27N5O3/c1-33-15-2-3-26(33)29(37)32-25-12-8-23(9-13-25)30-22-6-10-24(11-7-22)31-28(36)21-5-4-20-14-16-34(17-18-35)27(20)19-21/h2-16,19,30,35H,17-18H2,1H3,(H,31,36)(H,32,37). The fraction of sp³-hybridized carbons (Fsp3) is 0.103. The molecule has 0 aliphatic carbocycles. The van der Waals surface area contributed by atoms with Crippen molar-refractivity contribution >= 4 is 45.5 Å². The van der Waals surface area contributed by atoms with Crippen LogP contribution in [0.15, 0.2) is 97.3 Å². The largest absolute Gasteiger partial charge is 0.395 e. The Bertz CT molecular complexity index is 1550. The van der Waals surface area contributed by atoms with E-state index in [9.17, 15) is 14.7 Å². The molecule has 2 amide bonds. The number of aromatic nitrogens is 2. The Morgan fingerprint density at radius 1 is 0.757 bits per heavy atom. The molecule has 0 radical (unpaired) electrons. The number of anilines is 4. The fourth-order valence-corrected chi connectivity index (χ4v) is 4.16. The van der Waals surface area contributed by atoms with Crippen LogP contribution in [-0.2, 0) is 13.6 Å². The second-order valence-corrected chi connectivity index (χ2v) is 8.70. The highest BCUT2D eigenvalue weighted by Gasteiger charge is 2.10. The molecular formula is C29H27N5O3. The quantitative estimate of drug-likeness (QED) is 0.238.